The number of rotatable bonds is 2. The third-order valence-corrected chi connectivity index (χ3v) is 8.27. The van der Waals surface area contributed by atoms with Crippen molar-refractivity contribution in [3.05, 3.63) is 0 Å². The van der Waals surface area contributed by atoms with Crippen LogP contribution in [0.5, 0.6) is 0 Å². The van der Waals surface area contributed by atoms with Crippen LogP contribution in [-0.4, -0.2) is 0 Å². The highest BCUT2D eigenvalue weighted by atomic mass is 14.5. The van der Waals surface area contributed by atoms with Crippen molar-refractivity contribution in [1.29, 1.82) is 0 Å². The van der Waals surface area contributed by atoms with Crippen molar-refractivity contribution in [2.24, 2.45) is 34.5 Å². The van der Waals surface area contributed by atoms with E-state index in [-0.39, 0.29) is 0 Å². The van der Waals surface area contributed by atoms with Crippen molar-refractivity contribution in [3.8, 4) is 0 Å². The molecule has 3 unspecified atom stereocenters. The molecule has 0 heteroatoms. The lowest BCUT2D eigenvalue weighted by Gasteiger charge is -2.54. The molecule has 0 saturated heterocycles. The van der Waals surface area contributed by atoms with Gasteiger partial charge in [0.15, 0.2) is 0 Å². The van der Waals surface area contributed by atoms with Gasteiger partial charge in [0.2, 0.25) is 0 Å². The molecule has 3 aliphatic rings. The molecule has 0 aromatic rings. The Kier molecular flexibility index (Phi) is 4.96. The highest BCUT2D eigenvalue weighted by Crippen LogP contribution is 2.58. The first kappa shape index (κ1) is 16.8. The Morgan fingerprint density at radius 1 is 0.818 bits per heavy atom. The van der Waals surface area contributed by atoms with E-state index in [2.05, 4.69) is 27.7 Å². The molecule has 3 fully saturated rings. The highest BCUT2D eigenvalue weighted by Gasteiger charge is 2.48. The summed E-state index contributed by atoms with van der Waals surface area (Å²) in [5.74, 6) is 4.26. The van der Waals surface area contributed by atoms with Crippen LogP contribution < -0.4 is 0 Å². The highest BCUT2D eigenvalue weighted by molar-refractivity contribution is 4.98. The summed E-state index contributed by atoms with van der Waals surface area (Å²) in [6, 6.07) is 0. The number of hydrogen-bond donors (Lipinski definition) is 0. The van der Waals surface area contributed by atoms with Crippen LogP contribution in [-0.2, 0) is 0 Å². The smallest absolute Gasteiger partial charge is 0.0269 e. The second-order valence-corrected chi connectivity index (χ2v) is 10.1. The Bertz CT molecular complexity index is 351. The number of fused-ring (bicyclic) bond motifs is 1. The summed E-state index contributed by atoms with van der Waals surface area (Å²) < 4.78 is 0. The fraction of sp³-hybridized carbons (Fsp3) is 1.00. The van der Waals surface area contributed by atoms with Crippen molar-refractivity contribution < 1.29 is 0 Å². The SMILES string of the molecule is CCC1(C2CCCC3CCCCC32)CCC(C(C)(C)C)CC1. The molecular formula is C22H40. The third-order valence-electron chi connectivity index (χ3n) is 8.27. The van der Waals surface area contributed by atoms with E-state index in [0.29, 0.717) is 5.41 Å². The Hall–Kier alpha value is 0. The molecule has 0 aromatic heterocycles. The number of hydrogen-bond acceptors (Lipinski definition) is 0. The van der Waals surface area contributed by atoms with Crippen LogP contribution in [0.1, 0.15) is 105 Å². The van der Waals surface area contributed by atoms with Gasteiger partial charge < -0.3 is 0 Å². The van der Waals surface area contributed by atoms with Crippen LogP contribution in [0.25, 0.3) is 0 Å². The van der Waals surface area contributed by atoms with Gasteiger partial charge >= 0.3 is 0 Å². The van der Waals surface area contributed by atoms with Crippen molar-refractivity contribution >= 4 is 0 Å². The molecule has 3 rings (SSSR count). The van der Waals surface area contributed by atoms with Crippen LogP contribution in [0.4, 0.5) is 0 Å². The second kappa shape index (κ2) is 6.48. The molecule has 0 amide bonds. The maximum Gasteiger partial charge on any atom is -0.0269 e. The molecule has 0 N–H and O–H groups in total. The van der Waals surface area contributed by atoms with E-state index in [1.807, 2.05) is 0 Å². The van der Waals surface area contributed by atoms with E-state index in [4.69, 9.17) is 0 Å². The summed E-state index contributed by atoms with van der Waals surface area (Å²) >= 11 is 0. The predicted molar refractivity (Wildman–Crippen MR) is 96.9 cm³/mol. The minimum Gasteiger partial charge on any atom is -0.0648 e. The summed E-state index contributed by atoms with van der Waals surface area (Å²) in [6.07, 6.45) is 18.4. The maximum atomic E-state index is 2.52. The Morgan fingerprint density at radius 3 is 2.09 bits per heavy atom. The first-order valence-corrected chi connectivity index (χ1v) is 10.5. The maximum absolute atomic E-state index is 2.52. The minimum absolute atomic E-state index is 0.528. The Morgan fingerprint density at radius 2 is 1.45 bits per heavy atom. The standard InChI is InChI=1S/C22H40/c1-5-22(15-13-18(14-16-22)21(2,3)4)20-12-8-10-17-9-6-7-11-19(17)20/h17-20H,5-16H2,1-4H3. The predicted octanol–water partition coefficient (Wildman–Crippen LogP) is 7.23. The summed E-state index contributed by atoms with van der Waals surface area (Å²) in [7, 11) is 0. The Labute approximate surface area is 139 Å². The van der Waals surface area contributed by atoms with Gasteiger partial charge in [-0.1, -0.05) is 66.2 Å². The fourth-order valence-electron chi connectivity index (χ4n) is 6.74. The molecule has 0 nitrogen and oxygen atoms in total. The van der Waals surface area contributed by atoms with Gasteiger partial charge in [0.05, 0.1) is 0 Å². The van der Waals surface area contributed by atoms with Gasteiger partial charge in [-0.05, 0) is 73.0 Å². The monoisotopic (exact) mass is 304 g/mol. The molecular weight excluding hydrogens is 264 g/mol. The minimum atomic E-state index is 0.528. The molecule has 128 valence electrons. The molecule has 22 heavy (non-hydrogen) atoms. The van der Waals surface area contributed by atoms with Gasteiger partial charge in [-0.15, -0.1) is 0 Å². The summed E-state index contributed by atoms with van der Waals surface area (Å²) in [5.41, 5.74) is 1.25. The van der Waals surface area contributed by atoms with Crippen LogP contribution in [0.2, 0.25) is 0 Å². The molecule has 0 radical (unpaired) electrons. The van der Waals surface area contributed by atoms with E-state index in [1.165, 1.54) is 38.5 Å². The molecule has 3 atom stereocenters. The summed E-state index contributed by atoms with van der Waals surface area (Å²) in [4.78, 5) is 0. The molecule has 0 aliphatic heterocycles. The van der Waals surface area contributed by atoms with Crippen molar-refractivity contribution in [3.63, 3.8) is 0 Å². The zero-order valence-electron chi connectivity index (χ0n) is 15.8. The van der Waals surface area contributed by atoms with Crippen molar-refractivity contribution in [1.82, 2.24) is 0 Å². The molecule has 0 heterocycles. The van der Waals surface area contributed by atoms with Crippen LogP contribution in [0.3, 0.4) is 0 Å². The average molecular weight is 305 g/mol. The first-order valence-electron chi connectivity index (χ1n) is 10.5. The average Bonchev–Trinajstić information content (AvgIpc) is 2.53. The summed E-state index contributed by atoms with van der Waals surface area (Å²) in [5, 5.41) is 0. The van der Waals surface area contributed by atoms with Crippen molar-refractivity contribution in [2.45, 2.75) is 105 Å². The lowest BCUT2D eigenvalue weighted by molar-refractivity contribution is -0.0399. The normalized spacial score (nSPS) is 43.6. The van der Waals surface area contributed by atoms with Gasteiger partial charge in [-0.3, -0.25) is 0 Å². The Balaban J connectivity index is 1.73. The van der Waals surface area contributed by atoms with Crippen molar-refractivity contribution in [2.75, 3.05) is 0 Å². The van der Waals surface area contributed by atoms with Gasteiger partial charge in [-0.2, -0.15) is 0 Å². The summed E-state index contributed by atoms with van der Waals surface area (Å²) in [6.45, 7) is 9.92. The molecule has 0 aromatic carbocycles. The molecule has 3 saturated carbocycles. The van der Waals surface area contributed by atoms with E-state index < -0.39 is 0 Å². The van der Waals surface area contributed by atoms with Gasteiger partial charge in [0, 0.05) is 0 Å². The van der Waals surface area contributed by atoms with E-state index in [1.54, 1.807) is 38.5 Å². The third kappa shape index (κ3) is 3.13. The molecule has 0 bridgehead atoms. The topological polar surface area (TPSA) is 0 Å². The van der Waals surface area contributed by atoms with Crippen LogP contribution in [0.15, 0.2) is 0 Å². The molecule has 0 spiro atoms. The molecule has 3 aliphatic carbocycles. The van der Waals surface area contributed by atoms with Gasteiger partial charge in [-0.25, -0.2) is 0 Å². The largest absolute Gasteiger partial charge is 0.0648 e. The van der Waals surface area contributed by atoms with Gasteiger partial charge in [0.25, 0.3) is 0 Å². The van der Waals surface area contributed by atoms with Gasteiger partial charge in [0.1, 0.15) is 0 Å². The van der Waals surface area contributed by atoms with E-state index >= 15 is 0 Å². The first-order chi connectivity index (χ1) is 10.5. The van der Waals surface area contributed by atoms with Crippen LogP contribution in [0, 0.1) is 34.5 Å². The van der Waals surface area contributed by atoms with E-state index in [0.717, 1.165) is 29.1 Å². The fourth-order valence-corrected chi connectivity index (χ4v) is 6.74. The quantitative estimate of drug-likeness (QED) is 0.505. The van der Waals surface area contributed by atoms with Crippen LogP contribution >= 0.6 is 0 Å². The lowest BCUT2D eigenvalue weighted by atomic mass is 9.51. The zero-order chi connectivity index (χ0) is 15.8. The van der Waals surface area contributed by atoms with E-state index in [9.17, 15) is 0 Å². The lowest BCUT2D eigenvalue weighted by Crippen LogP contribution is -2.44. The zero-order valence-corrected chi connectivity index (χ0v) is 15.8. The second-order valence-electron chi connectivity index (χ2n) is 10.1.